The van der Waals surface area contributed by atoms with Crippen molar-refractivity contribution in [2.45, 2.75) is 19.9 Å². The van der Waals surface area contributed by atoms with Gasteiger partial charge in [0.1, 0.15) is 0 Å². The van der Waals surface area contributed by atoms with Crippen LogP contribution in [0.2, 0.25) is 0 Å². The molecule has 0 saturated carbocycles. The molecule has 0 unspecified atom stereocenters. The molecule has 5 rings (SSSR count). The van der Waals surface area contributed by atoms with Gasteiger partial charge < -0.3 is 14.9 Å². The second-order valence-electron chi connectivity index (χ2n) is 7.86. The molecule has 1 aliphatic rings. The number of nitrogens with one attached hydrogen (secondary N) is 3. The highest BCUT2D eigenvalue weighted by Gasteiger charge is 2.35. The van der Waals surface area contributed by atoms with E-state index in [1.807, 2.05) is 54.9 Å². The van der Waals surface area contributed by atoms with Crippen LogP contribution in [0.15, 0.2) is 59.3 Å². The Kier molecular flexibility index (Phi) is 5.45. The summed E-state index contributed by atoms with van der Waals surface area (Å²) in [5, 5.41) is 7.73. The topological polar surface area (TPSA) is 78.9 Å². The lowest BCUT2D eigenvalue weighted by atomic mass is 9.95. The second kappa shape index (κ2) is 8.41. The third kappa shape index (κ3) is 3.38. The van der Waals surface area contributed by atoms with Gasteiger partial charge in [0.25, 0.3) is 11.8 Å². The number of H-pyrrole nitrogens is 1. The van der Waals surface area contributed by atoms with Gasteiger partial charge in [-0.3, -0.25) is 14.9 Å². The van der Waals surface area contributed by atoms with E-state index in [1.165, 1.54) is 0 Å². The molecule has 6 nitrogen and oxygen atoms in total. The molecule has 2 amide bonds. The van der Waals surface area contributed by atoms with E-state index in [2.05, 4.69) is 43.0 Å². The summed E-state index contributed by atoms with van der Waals surface area (Å²) >= 11 is 3.68. The molecule has 0 radical (unpaired) electrons. The maximum absolute atomic E-state index is 13.0. The van der Waals surface area contributed by atoms with Crippen LogP contribution in [-0.4, -0.2) is 34.5 Å². The molecule has 0 atom stereocenters. The quantitative estimate of drug-likeness (QED) is 0.264. The molecule has 3 N–H and O–H groups in total. The van der Waals surface area contributed by atoms with Crippen LogP contribution in [0.25, 0.3) is 33.0 Å². The Bertz CT molecular complexity index is 1400. The molecular formula is C25H23BrN4O2. The molecular weight excluding hydrogens is 468 g/mol. The summed E-state index contributed by atoms with van der Waals surface area (Å²) in [6.45, 7) is 4.74. The molecule has 162 valence electrons. The lowest BCUT2D eigenvalue weighted by Gasteiger charge is -2.07. The van der Waals surface area contributed by atoms with E-state index >= 15 is 0 Å². The van der Waals surface area contributed by atoms with E-state index < -0.39 is 0 Å². The molecule has 0 aliphatic carbocycles. The van der Waals surface area contributed by atoms with Crippen molar-refractivity contribution in [2.24, 2.45) is 0 Å². The summed E-state index contributed by atoms with van der Waals surface area (Å²) in [5.74, 6) is -0.722. The lowest BCUT2D eigenvalue weighted by Crippen LogP contribution is -2.22. The number of aryl methyl sites for hydroxylation is 1. The number of amides is 2. The monoisotopic (exact) mass is 490 g/mol. The Morgan fingerprint density at radius 1 is 0.969 bits per heavy atom. The molecule has 0 spiro atoms. The largest absolute Gasteiger partial charge is 0.361 e. The van der Waals surface area contributed by atoms with Gasteiger partial charge in [-0.15, -0.1) is 0 Å². The van der Waals surface area contributed by atoms with Crippen LogP contribution >= 0.6 is 15.9 Å². The zero-order valence-electron chi connectivity index (χ0n) is 17.7. The normalized spacial score (nSPS) is 14.2. The molecule has 3 heterocycles. The zero-order chi connectivity index (χ0) is 22.2. The van der Waals surface area contributed by atoms with Crippen LogP contribution in [0, 0.1) is 0 Å². The first-order valence-electron chi connectivity index (χ1n) is 10.7. The number of rotatable bonds is 7. The Balaban J connectivity index is 1.71. The number of halogens is 1. The third-order valence-electron chi connectivity index (χ3n) is 5.91. The first kappa shape index (κ1) is 20.7. The summed E-state index contributed by atoms with van der Waals surface area (Å²) < 4.78 is 3.13. The van der Waals surface area contributed by atoms with Crippen molar-refractivity contribution in [1.29, 1.82) is 0 Å². The number of benzene rings is 2. The molecule has 32 heavy (non-hydrogen) atoms. The second-order valence-corrected chi connectivity index (χ2v) is 8.71. The number of nitrogens with zero attached hydrogens (tertiary/aromatic N) is 1. The number of hydrogen-bond acceptors (Lipinski definition) is 3. The zero-order valence-corrected chi connectivity index (χ0v) is 19.3. The van der Waals surface area contributed by atoms with Crippen molar-refractivity contribution >= 4 is 60.7 Å². The molecule has 2 aromatic carbocycles. The Hall–Kier alpha value is -3.16. The Morgan fingerprint density at radius 2 is 1.72 bits per heavy atom. The fraction of sp³-hybridized carbons (Fsp3) is 0.200. The Labute approximate surface area is 193 Å². The van der Waals surface area contributed by atoms with Gasteiger partial charge in [-0.05, 0) is 47.6 Å². The summed E-state index contributed by atoms with van der Waals surface area (Å²) in [4.78, 5) is 29.2. The molecule has 4 aromatic rings. The average molecular weight is 491 g/mol. The summed E-state index contributed by atoms with van der Waals surface area (Å²) in [6, 6.07) is 13.8. The van der Waals surface area contributed by atoms with Gasteiger partial charge in [0.2, 0.25) is 0 Å². The Morgan fingerprint density at radius 3 is 2.53 bits per heavy atom. The highest BCUT2D eigenvalue weighted by atomic mass is 79.9. The first-order chi connectivity index (χ1) is 15.6. The third-order valence-corrected chi connectivity index (χ3v) is 6.55. The predicted octanol–water partition coefficient (Wildman–Crippen LogP) is 4.45. The van der Waals surface area contributed by atoms with Gasteiger partial charge >= 0.3 is 0 Å². The minimum absolute atomic E-state index is 0.359. The van der Waals surface area contributed by atoms with Gasteiger partial charge in [-0.1, -0.05) is 37.3 Å². The maximum atomic E-state index is 13.0. The van der Waals surface area contributed by atoms with E-state index in [0.29, 0.717) is 11.1 Å². The average Bonchev–Trinajstić information content (AvgIpc) is 3.45. The molecule has 1 aliphatic heterocycles. The summed E-state index contributed by atoms with van der Waals surface area (Å²) in [6.07, 6.45) is 4.77. The van der Waals surface area contributed by atoms with E-state index in [1.54, 1.807) is 0 Å². The van der Waals surface area contributed by atoms with Crippen LogP contribution in [0.5, 0.6) is 0 Å². The highest BCUT2D eigenvalue weighted by molar-refractivity contribution is 9.10. The number of aromatic amines is 1. The number of fused-ring (bicyclic) bond motifs is 2. The van der Waals surface area contributed by atoms with Crippen LogP contribution < -0.4 is 10.6 Å². The lowest BCUT2D eigenvalue weighted by molar-refractivity contribution is -0.122. The van der Waals surface area contributed by atoms with Crippen molar-refractivity contribution in [2.75, 3.05) is 13.1 Å². The van der Waals surface area contributed by atoms with Crippen molar-refractivity contribution in [3.05, 3.63) is 70.5 Å². The standard InChI is InChI=1S/C25H23BrN4O2/c1-2-27-11-6-12-30-14-18(16-8-5-9-19(26)23(16)30)22-21(24(31)29-25(22)32)17-13-28-20-10-4-3-7-15(17)20/h3-5,7-10,13-14,27-28H,2,6,11-12H2,1H3,(H,29,31,32). The highest BCUT2D eigenvalue weighted by Crippen LogP contribution is 2.39. The van der Waals surface area contributed by atoms with E-state index in [4.69, 9.17) is 0 Å². The van der Waals surface area contributed by atoms with E-state index in [9.17, 15) is 9.59 Å². The predicted molar refractivity (Wildman–Crippen MR) is 131 cm³/mol. The van der Waals surface area contributed by atoms with Gasteiger partial charge in [0.05, 0.1) is 16.7 Å². The van der Waals surface area contributed by atoms with Crippen LogP contribution in [0.4, 0.5) is 0 Å². The van der Waals surface area contributed by atoms with Crippen molar-refractivity contribution < 1.29 is 9.59 Å². The fourth-order valence-electron chi connectivity index (χ4n) is 4.49. The number of carbonyl (C=O) groups is 2. The number of imide groups is 1. The van der Waals surface area contributed by atoms with Crippen LogP contribution in [-0.2, 0) is 16.1 Å². The van der Waals surface area contributed by atoms with Crippen LogP contribution in [0.3, 0.4) is 0 Å². The van der Waals surface area contributed by atoms with E-state index in [-0.39, 0.29) is 11.8 Å². The smallest absolute Gasteiger partial charge is 0.259 e. The van der Waals surface area contributed by atoms with Gasteiger partial charge in [-0.25, -0.2) is 0 Å². The number of carbonyl (C=O) groups excluding carboxylic acids is 2. The number of para-hydroxylation sites is 2. The van der Waals surface area contributed by atoms with Gasteiger partial charge in [0.15, 0.2) is 0 Å². The van der Waals surface area contributed by atoms with Crippen molar-refractivity contribution in [3.63, 3.8) is 0 Å². The van der Waals surface area contributed by atoms with Crippen molar-refractivity contribution in [1.82, 2.24) is 20.2 Å². The first-order valence-corrected chi connectivity index (χ1v) is 11.5. The summed E-state index contributed by atoms with van der Waals surface area (Å²) in [5.41, 5.74) is 4.30. The minimum atomic E-state index is -0.363. The molecule has 2 aromatic heterocycles. The number of hydrogen-bond donors (Lipinski definition) is 3. The van der Waals surface area contributed by atoms with Gasteiger partial charge in [-0.2, -0.15) is 0 Å². The SMILES string of the molecule is CCNCCCn1cc(C2=C(c3c[nH]c4ccccc34)C(=O)NC2=O)c2cccc(Br)c21. The van der Waals surface area contributed by atoms with Crippen molar-refractivity contribution in [3.8, 4) is 0 Å². The maximum Gasteiger partial charge on any atom is 0.259 e. The number of aromatic nitrogens is 2. The van der Waals surface area contributed by atoms with E-state index in [0.717, 1.165) is 63.5 Å². The molecule has 0 saturated heterocycles. The van der Waals surface area contributed by atoms with Gasteiger partial charge in [0, 0.05) is 50.8 Å². The summed E-state index contributed by atoms with van der Waals surface area (Å²) in [7, 11) is 0. The molecule has 7 heteroatoms. The minimum Gasteiger partial charge on any atom is -0.361 e. The molecule has 0 bridgehead atoms. The van der Waals surface area contributed by atoms with Crippen LogP contribution in [0.1, 0.15) is 24.5 Å². The molecule has 0 fully saturated rings. The fourth-order valence-corrected chi connectivity index (χ4v) is 5.08.